The van der Waals surface area contributed by atoms with E-state index in [1.165, 1.54) is 19.3 Å². The molecular formula is C11H17N3O. The molecule has 4 nitrogen and oxygen atoms in total. The minimum atomic E-state index is 0.457. The Morgan fingerprint density at radius 2 is 2.53 bits per heavy atom. The molecule has 3 heterocycles. The van der Waals surface area contributed by atoms with Crippen LogP contribution in [-0.4, -0.2) is 28.0 Å². The SMILES string of the molecule is Cn1ccc(CNC2CC3CCC2O3)n1. The summed E-state index contributed by atoms with van der Waals surface area (Å²) in [6, 6.07) is 2.60. The summed E-state index contributed by atoms with van der Waals surface area (Å²) in [6.45, 7) is 0.859. The summed E-state index contributed by atoms with van der Waals surface area (Å²) in [7, 11) is 1.95. The minimum absolute atomic E-state index is 0.457. The maximum Gasteiger partial charge on any atom is 0.0762 e. The van der Waals surface area contributed by atoms with Gasteiger partial charge in [-0.2, -0.15) is 5.10 Å². The fraction of sp³-hybridized carbons (Fsp3) is 0.727. The zero-order valence-corrected chi connectivity index (χ0v) is 9.02. The van der Waals surface area contributed by atoms with Crippen molar-refractivity contribution in [2.45, 2.75) is 44.1 Å². The monoisotopic (exact) mass is 207 g/mol. The molecule has 3 rings (SSSR count). The maximum atomic E-state index is 5.79. The summed E-state index contributed by atoms with van der Waals surface area (Å²) in [5.41, 5.74) is 1.11. The summed E-state index contributed by atoms with van der Waals surface area (Å²) < 4.78 is 7.63. The van der Waals surface area contributed by atoms with Gasteiger partial charge in [0.2, 0.25) is 0 Å². The molecule has 2 bridgehead atoms. The van der Waals surface area contributed by atoms with E-state index in [1.807, 2.05) is 17.9 Å². The molecule has 1 aromatic rings. The van der Waals surface area contributed by atoms with Gasteiger partial charge < -0.3 is 10.1 Å². The van der Waals surface area contributed by atoms with Gasteiger partial charge >= 0.3 is 0 Å². The van der Waals surface area contributed by atoms with Crippen molar-refractivity contribution in [3.05, 3.63) is 18.0 Å². The predicted molar refractivity (Wildman–Crippen MR) is 56.3 cm³/mol. The van der Waals surface area contributed by atoms with E-state index >= 15 is 0 Å². The van der Waals surface area contributed by atoms with Crippen LogP contribution in [0.3, 0.4) is 0 Å². The van der Waals surface area contributed by atoms with E-state index in [2.05, 4.69) is 16.5 Å². The highest BCUT2D eigenvalue weighted by Crippen LogP contribution is 2.34. The lowest BCUT2D eigenvalue weighted by atomic mass is 9.95. The van der Waals surface area contributed by atoms with E-state index in [4.69, 9.17) is 4.74 Å². The summed E-state index contributed by atoms with van der Waals surface area (Å²) in [6.07, 6.45) is 6.62. The van der Waals surface area contributed by atoms with Gasteiger partial charge in [0.1, 0.15) is 0 Å². The Labute approximate surface area is 89.6 Å². The lowest BCUT2D eigenvalue weighted by molar-refractivity contribution is 0.0972. The van der Waals surface area contributed by atoms with E-state index < -0.39 is 0 Å². The van der Waals surface area contributed by atoms with Crippen LogP contribution in [0.1, 0.15) is 25.0 Å². The van der Waals surface area contributed by atoms with Crippen molar-refractivity contribution in [3.63, 3.8) is 0 Å². The van der Waals surface area contributed by atoms with Crippen molar-refractivity contribution in [2.75, 3.05) is 0 Å². The van der Waals surface area contributed by atoms with Crippen LogP contribution in [0.25, 0.3) is 0 Å². The third-order valence-electron chi connectivity index (χ3n) is 3.42. The number of nitrogens with one attached hydrogen (secondary N) is 1. The molecule has 82 valence electrons. The topological polar surface area (TPSA) is 39.1 Å². The summed E-state index contributed by atoms with van der Waals surface area (Å²) in [4.78, 5) is 0. The third-order valence-corrected chi connectivity index (χ3v) is 3.42. The molecular weight excluding hydrogens is 190 g/mol. The quantitative estimate of drug-likeness (QED) is 0.798. The number of aromatic nitrogens is 2. The Balaban J connectivity index is 1.54. The third kappa shape index (κ3) is 1.79. The Kier molecular flexibility index (Phi) is 2.25. The highest BCUT2D eigenvalue weighted by atomic mass is 16.5. The molecule has 0 radical (unpaired) electrons. The van der Waals surface area contributed by atoms with Gasteiger partial charge in [0.05, 0.1) is 17.9 Å². The average molecular weight is 207 g/mol. The first-order chi connectivity index (χ1) is 7.31. The first-order valence-corrected chi connectivity index (χ1v) is 5.68. The van der Waals surface area contributed by atoms with Gasteiger partial charge in [-0.15, -0.1) is 0 Å². The van der Waals surface area contributed by atoms with Crippen LogP contribution in [0.4, 0.5) is 0 Å². The average Bonchev–Trinajstić information content (AvgIpc) is 2.90. The highest BCUT2D eigenvalue weighted by Gasteiger charge is 2.40. The minimum Gasteiger partial charge on any atom is -0.373 e. The fourth-order valence-corrected chi connectivity index (χ4v) is 2.65. The summed E-state index contributed by atoms with van der Waals surface area (Å²) >= 11 is 0. The van der Waals surface area contributed by atoms with Gasteiger partial charge in [0.25, 0.3) is 0 Å². The molecule has 0 aliphatic carbocycles. The lowest BCUT2D eigenvalue weighted by Gasteiger charge is -2.19. The van der Waals surface area contributed by atoms with Gasteiger partial charge in [-0.05, 0) is 25.3 Å². The van der Waals surface area contributed by atoms with Crippen molar-refractivity contribution >= 4 is 0 Å². The second-order valence-corrected chi connectivity index (χ2v) is 4.58. The van der Waals surface area contributed by atoms with E-state index in [1.54, 1.807) is 0 Å². The van der Waals surface area contributed by atoms with Crippen molar-refractivity contribution < 1.29 is 4.74 Å². The lowest BCUT2D eigenvalue weighted by Crippen LogP contribution is -2.37. The zero-order chi connectivity index (χ0) is 10.3. The molecule has 2 aliphatic rings. The molecule has 2 fully saturated rings. The van der Waals surface area contributed by atoms with Crippen LogP contribution in [0, 0.1) is 0 Å². The zero-order valence-electron chi connectivity index (χ0n) is 9.02. The van der Waals surface area contributed by atoms with Crippen molar-refractivity contribution in [1.29, 1.82) is 0 Å². The van der Waals surface area contributed by atoms with E-state index in [0.29, 0.717) is 18.2 Å². The summed E-state index contributed by atoms with van der Waals surface area (Å²) in [5.74, 6) is 0. The number of ether oxygens (including phenoxy) is 1. The molecule has 15 heavy (non-hydrogen) atoms. The Hall–Kier alpha value is -0.870. The van der Waals surface area contributed by atoms with Gasteiger partial charge in [-0.3, -0.25) is 4.68 Å². The molecule has 2 aliphatic heterocycles. The largest absolute Gasteiger partial charge is 0.373 e. The first kappa shape index (κ1) is 9.36. The molecule has 2 saturated heterocycles. The molecule has 0 amide bonds. The summed E-state index contributed by atoms with van der Waals surface area (Å²) in [5, 5.41) is 7.89. The van der Waals surface area contributed by atoms with Crippen LogP contribution >= 0.6 is 0 Å². The van der Waals surface area contributed by atoms with Crippen molar-refractivity contribution in [2.24, 2.45) is 7.05 Å². The molecule has 0 saturated carbocycles. The number of hydrogen-bond acceptors (Lipinski definition) is 3. The number of aryl methyl sites for hydroxylation is 1. The molecule has 1 aromatic heterocycles. The van der Waals surface area contributed by atoms with Gasteiger partial charge in [0.15, 0.2) is 0 Å². The fourth-order valence-electron chi connectivity index (χ4n) is 2.65. The second-order valence-electron chi connectivity index (χ2n) is 4.58. The normalized spacial score (nSPS) is 33.8. The standard InChI is InChI=1S/C11H17N3O/c1-14-5-4-8(13-14)7-12-10-6-9-2-3-11(10)15-9/h4-5,9-12H,2-3,6-7H2,1H3. The van der Waals surface area contributed by atoms with Gasteiger partial charge in [-0.25, -0.2) is 0 Å². The first-order valence-electron chi connectivity index (χ1n) is 5.68. The second kappa shape index (κ2) is 3.61. The van der Waals surface area contributed by atoms with Crippen molar-refractivity contribution in [1.82, 2.24) is 15.1 Å². The van der Waals surface area contributed by atoms with Gasteiger partial charge in [0, 0.05) is 25.8 Å². The number of fused-ring (bicyclic) bond motifs is 2. The molecule has 4 heteroatoms. The Morgan fingerprint density at radius 3 is 3.13 bits per heavy atom. The molecule has 3 unspecified atom stereocenters. The Morgan fingerprint density at radius 1 is 1.60 bits per heavy atom. The highest BCUT2D eigenvalue weighted by molar-refractivity contribution is 5.00. The Bertz CT molecular complexity index is 349. The smallest absolute Gasteiger partial charge is 0.0762 e. The van der Waals surface area contributed by atoms with E-state index in [0.717, 1.165) is 12.2 Å². The van der Waals surface area contributed by atoms with Crippen LogP contribution in [0.15, 0.2) is 12.3 Å². The number of rotatable bonds is 3. The molecule has 1 N–H and O–H groups in total. The number of hydrogen-bond donors (Lipinski definition) is 1. The van der Waals surface area contributed by atoms with Crippen LogP contribution in [0.5, 0.6) is 0 Å². The number of nitrogens with zero attached hydrogens (tertiary/aromatic N) is 2. The van der Waals surface area contributed by atoms with E-state index in [-0.39, 0.29) is 0 Å². The molecule has 0 aromatic carbocycles. The maximum absolute atomic E-state index is 5.79. The van der Waals surface area contributed by atoms with Gasteiger partial charge in [-0.1, -0.05) is 0 Å². The van der Waals surface area contributed by atoms with Crippen molar-refractivity contribution in [3.8, 4) is 0 Å². The predicted octanol–water partition coefficient (Wildman–Crippen LogP) is 0.830. The van der Waals surface area contributed by atoms with E-state index in [9.17, 15) is 0 Å². The molecule has 3 atom stereocenters. The van der Waals surface area contributed by atoms with Crippen LogP contribution in [0.2, 0.25) is 0 Å². The molecule has 0 spiro atoms. The van der Waals surface area contributed by atoms with Crippen LogP contribution in [-0.2, 0) is 18.3 Å². The van der Waals surface area contributed by atoms with Crippen LogP contribution < -0.4 is 5.32 Å².